The van der Waals surface area contributed by atoms with Gasteiger partial charge < -0.3 is 18.9 Å². The molecule has 5 unspecified atom stereocenters. The van der Waals surface area contributed by atoms with Crippen LogP contribution in [0.2, 0.25) is 0 Å². The van der Waals surface area contributed by atoms with E-state index in [1.165, 1.54) is 0 Å². The van der Waals surface area contributed by atoms with E-state index in [1.54, 1.807) is 7.11 Å². The summed E-state index contributed by atoms with van der Waals surface area (Å²) in [7, 11) is 1.69. The Hall–Kier alpha value is -0.160. The predicted molar refractivity (Wildman–Crippen MR) is 63.6 cm³/mol. The van der Waals surface area contributed by atoms with Crippen molar-refractivity contribution in [1.82, 2.24) is 0 Å². The monoisotopic (exact) mass is 244 g/mol. The van der Waals surface area contributed by atoms with Gasteiger partial charge in [-0.15, -0.1) is 0 Å². The molecule has 17 heavy (non-hydrogen) atoms. The van der Waals surface area contributed by atoms with Gasteiger partial charge >= 0.3 is 0 Å². The zero-order valence-electron chi connectivity index (χ0n) is 11.4. The topological polar surface area (TPSA) is 36.9 Å². The standard InChI is InChI=1S/C13H24O4/c1-6-7-9-11-10(16-13(3,4)17-11)8(2)12(14-5)15-9/h8-12H,6-7H2,1-5H3. The average molecular weight is 244 g/mol. The van der Waals surface area contributed by atoms with Gasteiger partial charge in [-0.25, -0.2) is 0 Å². The maximum Gasteiger partial charge on any atom is 0.163 e. The SMILES string of the molecule is CCCC1OC(OC)C(C)C2OC(C)(C)OC12. The lowest BCUT2D eigenvalue weighted by Gasteiger charge is -2.40. The van der Waals surface area contributed by atoms with Gasteiger partial charge in [-0.2, -0.15) is 0 Å². The van der Waals surface area contributed by atoms with Crippen LogP contribution in [0.25, 0.3) is 0 Å². The highest BCUT2D eigenvalue weighted by Gasteiger charge is 2.53. The van der Waals surface area contributed by atoms with Crippen LogP contribution in [0.3, 0.4) is 0 Å². The van der Waals surface area contributed by atoms with E-state index >= 15 is 0 Å². The highest BCUT2D eigenvalue weighted by molar-refractivity contribution is 4.94. The quantitative estimate of drug-likeness (QED) is 0.763. The third-order valence-corrected chi connectivity index (χ3v) is 3.59. The summed E-state index contributed by atoms with van der Waals surface area (Å²) in [4.78, 5) is 0. The molecule has 0 aromatic carbocycles. The fourth-order valence-electron chi connectivity index (χ4n) is 2.83. The van der Waals surface area contributed by atoms with Crippen molar-refractivity contribution in [3.8, 4) is 0 Å². The molecule has 0 spiro atoms. The summed E-state index contributed by atoms with van der Waals surface area (Å²) in [5.74, 6) is -0.318. The minimum atomic E-state index is -0.512. The van der Waals surface area contributed by atoms with Crippen molar-refractivity contribution in [3.63, 3.8) is 0 Å². The molecule has 100 valence electrons. The molecular formula is C13H24O4. The second-order valence-electron chi connectivity index (χ2n) is 5.49. The van der Waals surface area contributed by atoms with Crippen LogP contribution in [-0.2, 0) is 18.9 Å². The van der Waals surface area contributed by atoms with Gasteiger partial charge in [0, 0.05) is 13.0 Å². The fourth-order valence-corrected chi connectivity index (χ4v) is 2.83. The molecule has 0 aromatic heterocycles. The van der Waals surface area contributed by atoms with Gasteiger partial charge in [-0.1, -0.05) is 20.3 Å². The third kappa shape index (κ3) is 2.50. The van der Waals surface area contributed by atoms with Gasteiger partial charge in [-0.3, -0.25) is 0 Å². The van der Waals surface area contributed by atoms with E-state index in [9.17, 15) is 0 Å². The lowest BCUT2D eigenvalue weighted by atomic mass is 9.90. The molecule has 0 radical (unpaired) electrons. The number of hydrogen-bond donors (Lipinski definition) is 0. The molecule has 2 heterocycles. The Morgan fingerprint density at radius 1 is 1.18 bits per heavy atom. The van der Waals surface area contributed by atoms with Crippen molar-refractivity contribution in [1.29, 1.82) is 0 Å². The summed E-state index contributed by atoms with van der Waals surface area (Å²) < 4.78 is 23.3. The number of fused-ring (bicyclic) bond motifs is 1. The van der Waals surface area contributed by atoms with Crippen molar-refractivity contribution in [3.05, 3.63) is 0 Å². The first-order valence-corrected chi connectivity index (χ1v) is 6.52. The zero-order valence-corrected chi connectivity index (χ0v) is 11.4. The number of ether oxygens (including phenoxy) is 4. The Kier molecular flexibility index (Phi) is 3.78. The van der Waals surface area contributed by atoms with Gasteiger partial charge in [0.1, 0.15) is 6.10 Å². The lowest BCUT2D eigenvalue weighted by Crippen LogP contribution is -2.52. The minimum absolute atomic E-state index is 0.0337. The van der Waals surface area contributed by atoms with E-state index in [-0.39, 0.29) is 30.5 Å². The van der Waals surface area contributed by atoms with E-state index in [2.05, 4.69) is 13.8 Å². The van der Waals surface area contributed by atoms with Crippen molar-refractivity contribution in [2.45, 2.75) is 70.9 Å². The number of hydrogen-bond acceptors (Lipinski definition) is 4. The Balaban J connectivity index is 2.16. The second-order valence-corrected chi connectivity index (χ2v) is 5.49. The number of methoxy groups -OCH3 is 1. The molecule has 2 rings (SSSR count). The normalized spacial score (nSPS) is 44.6. The Bertz CT molecular complexity index is 258. The molecule has 0 aliphatic carbocycles. The Labute approximate surface area is 104 Å². The highest BCUT2D eigenvalue weighted by Crippen LogP contribution is 2.41. The third-order valence-electron chi connectivity index (χ3n) is 3.59. The molecule has 0 aromatic rings. The molecule has 0 bridgehead atoms. The van der Waals surface area contributed by atoms with Crippen LogP contribution < -0.4 is 0 Å². The smallest absolute Gasteiger partial charge is 0.163 e. The first-order chi connectivity index (χ1) is 7.98. The maximum absolute atomic E-state index is 5.99. The second kappa shape index (κ2) is 4.84. The largest absolute Gasteiger partial charge is 0.355 e. The summed E-state index contributed by atoms with van der Waals surface area (Å²) >= 11 is 0. The fraction of sp³-hybridized carbons (Fsp3) is 1.00. The molecule has 4 nitrogen and oxygen atoms in total. The summed E-state index contributed by atoms with van der Waals surface area (Å²) in [6.07, 6.45) is 2.04. The van der Waals surface area contributed by atoms with Gasteiger partial charge in [-0.05, 0) is 20.3 Å². The first-order valence-electron chi connectivity index (χ1n) is 6.52. The van der Waals surface area contributed by atoms with E-state index < -0.39 is 5.79 Å². The summed E-state index contributed by atoms with van der Waals surface area (Å²) in [5, 5.41) is 0. The van der Waals surface area contributed by atoms with E-state index in [4.69, 9.17) is 18.9 Å². The van der Waals surface area contributed by atoms with E-state index in [0.717, 1.165) is 12.8 Å². The summed E-state index contributed by atoms with van der Waals surface area (Å²) in [6.45, 7) is 8.17. The van der Waals surface area contributed by atoms with Crippen LogP contribution in [0, 0.1) is 5.92 Å². The molecule has 5 atom stereocenters. The van der Waals surface area contributed by atoms with Gasteiger partial charge in [0.25, 0.3) is 0 Å². The van der Waals surface area contributed by atoms with Crippen LogP contribution in [0.5, 0.6) is 0 Å². The molecular weight excluding hydrogens is 220 g/mol. The van der Waals surface area contributed by atoms with Gasteiger partial charge in [0.15, 0.2) is 12.1 Å². The first kappa shape index (κ1) is 13.3. The highest BCUT2D eigenvalue weighted by atomic mass is 16.8. The van der Waals surface area contributed by atoms with Crippen LogP contribution in [-0.4, -0.2) is 37.5 Å². The van der Waals surface area contributed by atoms with Crippen LogP contribution in [0.1, 0.15) is 40.5 Å². The number of rotatable bonds is 3. The van der Waals surface area contributed by atoms with Crippen LogP contribution >= 0.6 is 0 Å². The van der Waals surface area contributed by atoms with Crippen LogP contribution in [0.4, 0.5) is 0 Å². The van der Waals surface area contributed by atoms with Crippen molar-refractivity contribution in [2.75, 3.05) is 7.11 Å². The lowest BCUT2D eigenvalue weighted by molar-refractivity contribution is -0.248. The molecule has 0 N–H and O–H groups in total. The Morgan fingerprint density at radius 2 is 1.82 bits per heavy atom. The molecule has 2 aliphatic rings. The predicted octanol–water partition coefficient (Wildman–Crippen LogP) is 2.31. The van der Waals surface area contributed by atoms with Crippen LogP contribution in [0.15, 0.2) is 0 Å². The van der Waals surface area contributed by atoms with Crippen molar-refractivity contribution < 1.29 is 18.9 Å². The average Bonchev–Trinajstić information content (AvgIpc) is 2.59. The van der Waals surface area contributed by atoms with Crippen molar-refractivity contribution in [2.24, 2.45) is 5.92 Å². The van der Waals surface area contributed by atoms with Gasteiger partial charge in [0.05, 0.1) is 12.2 Å². The Morgan fingerprint density at radius 3 is 2.41 bits per heavy atom. The molecule has 2 fully saturated rings. The van der Waals surface area contributed by atoms with E-state index in [1.807, 2.05) is 13.8 Å². The summed E-state index contributed by atoms with van der Waals surface area (Å²) in [5.41, 5.74) is 0. The summed E-state index contributed by atoms with van der Waals surface area (Å²) in [6, 6.07) is 0. The molecule has 0 saturated carbocycles. The molecule has 4 heteroatoms. The van der Waals surface area contributed by atoms with E-state index in [0.29, 0.717) is 0 Å². The molecule has 0 amide bonds. The zero-order chi connectivity index (χ0) is 12.6. The molecule has 2 saturated heterocycles. The van der Waals surface area contributed by atoms with Crippen molar-refractivity contribution >= 4 is 0 Å². The van der Waals surface area contributed by atoms with Gasteiger partial charge in [0.2, 0.25) is 0 Å². The minimum Gasteiger partial charge on any atom is -0.355 e. The molecule has 2 aliphatic heterocycles. The maximum atomic E-state index is 5.99.